The first-order chi connectivity index (χ1) is 10.3. The molecule has 0 aliphatic rings. The molecule has 0 heterocycles. The number of aliphatic hydroxyl groups is 1. The van der Waals surface area contributed by atoms with E-state index in [1.807, 2.05) is 30.3 Å². The molecule has 0 aliphatic carbocycles. The first-order valence-corrected chi connectivity index (χ1v) is 6.09. The second kappa shape index (κ2) is 8.99. The van der Waals surface area contributed by atoms with Gasteiger partial charge in [0.25, 0.3) is 6.26 Å². The summed E-state index contributed by atoms with van der Waals surface area (Å²) in [4.78, 5) is 11.0. The summed E-state index contributed by atoms with van der Waals surface area (Å²) in [7, 11) is 1.55. The summed E-state index contributed by atoms with van der Waals surface area (Å²) in [6.07, 6.45) is 1.52. The van der Waals surface area contributed by atoms with Gasteiger partial charge in [-0.15, -0.1) is 0 Å². The minimum Gasteiger partial charge on any atom is -0.493 e. The monoisotopic (exact) mass is 285 g/mol. The van der Waals surface area contributed by atoms with Crippen LogP contribution >= 0.6 is 0 Å². The van der Waals surface area contributed by atoms with Crippen molar-refractivity contribution < 1.29 is 19.4 Å². The van der Waals surface area contributed by atoms with Crippen LogP contribution in [-0.4, -0.2) is 18.5 Å². The summed E-state index contributed by atoms with van der Waals surface area (Å²) in [5.41, 5.74) is 1.53. The van der Waals surface area contributed by atoms with Gasteiger partial charge < -0.3 is 14.6 Å². The molecule has 108 valence electrons. The predicted molar refractivity (Wildman–Crippen MR) is 76.7 cm³/mol. The summed E-state index contributed by atoms with van der Waals surface area (Å²) in [5, 5.41) is 13.8. The number of carbonyl (C=O) groups excluding carboxylic acids is 1. The zero-order valence-electron chi connectivity index (χ0n) is 11.5. The van der Waals surface area contributed by atoms with Gasteiger partial charge in [0.2, 0.25) is 0 Å². The van der Waals surface area contributed by atoms with Crippen molar-refractivity contribution >= 4 is 6.29 Å². The molecule has 0 atom stereocenters. The van der Waals surface area contributed by atoms with Gasteiger partial charge in [-0.05, 0) is 17.7 Å². The van der Waals surface area contributed by atoms with Gasteiger partial charge in [-0.2, -0.15) is 5.26 Å². The van der Waals surface area contributed by atoms with E-state index in [2.05, 4.69) is 0 Å². The molecule has 1 N–H and O–H groups in total. The number of nitrogens with zero attached hydrogens (tertiary/aromatic N) is 1. The third-order valence-corrected chi connectivity index (χ3v) is 2.58. The Hall–Kier alpha value is -3.00. The zero-order valence-corrected chi connectivity index (χ0v) is 11.5. The van der Waals surface area contributed by atoms with Crippen molar-refractivity contribution in [2.75, 3.05) is 7.11 Å². The van der Waals surface area contributed by atoms with Crippen LogP contribution in [0.1, 0.15) is 15.9 Å². The van der Waals surface area contributed by atoms with Gasteiger partial charge in [-0.1, -0.05) is 36.4 Å². The van der Waals surface area contributed by atoms with Crippen molar-refractivity contribution in [2.45, 2.75) is 6.61 Å². The average Bonchev–Trinajstić information content (AvgIpc) is 2.54. The summed E-state index contributed by atoms with van der Waals surface area (Å²) in [5.74, 6) is 1.05. The van der Waals surface area contributed by atoms with Gasteiger partial charge in [0.1, 0.15) is 6.61 Å². The maximum atomic E-state index is 11.0. The smallest absolute Gasteiger partial charge is 0.283 e. The van der Waals surface area contributed by atoms with Crippen LogP contribution in [-0.2, 0) is 6.61 Å². The predicted octanol–water partition coefficient (Wildman–Crippen LogP) is 2.93. The largest absolute Gasteiger partial charge is 0.493 e. The molecule has 21 heavy (non-hydrogen) atoms. The topological polar surface area (TPSA) is 79.5 Å². The van der Waals surface area contributed by atoms with E-state index < -0.39 is 0 Å². The quantitative estimate of drug-likeness (QED) is 0.675. The van der Waals surface area contributed by atoms with E-state index in [4.69, 9.17) is 19.8 Å². The number of carbonyl (C=O) groups is 1. The lowest BCUT2D eigenvalue weighted by Crippen LogP contribution is -2.00. The van der Waals surface area contributed by atoms with Crippen molar-refractivity contribution in [3.63, 3.8) is 0 Å². The summed E-state index contributed by atoms with van der Waals surface area (Å²) in [6, 6.07) is 15.0. The van der Waals surface area contributed by atoms with Crippen LogP contribution in [0, 0.1) is 11.5 Å². The van der Waals surface area contributed by atoms with Gasteiger partial charge in [0, 0.05) is 0 Å². The first-order valence-electron chi connectivity index (χ1n) is 6.09. The molecule has 0 bridgehead atoms. The van der Waals surface area contributed by atoms with Crippen molar-refractivity contribution in [3.05, 3.63) is 59.7 Å². The molecule has 5 heteroatoms. The van der Waals surface area contributed by atoms with Gasteiger partial charge >= 0.3 is 0 Å². The number of para-hydroxylation sites is 1. The van der Waals surface area contributed by atoms with E-state index in [0.717, 1.165) is 18.1 Å². The number of benzene rings is 2. The van der Waals surface area contributed by atoms with E-state index in [1.165, 1.54) is 0 Å². The van der Waals surface area contributed by atoms with Crippen LogP contribution < -0.4 is 9.47 Å². The zero-order chi connectivity index (χ0) is 15.5. The second-order valence-electron chi connectivity index (χ2n) is 3.87. The number of nitriles is 1. The molecule has 2 rings (SSSR count). The van der Waals surface area contributed by atoms with Crippen molar-refractivity contribution in [3.8, 4) is 17.8 Å². The molecule has 2 aromatic carbocycles. The third-order valence-electron chi connectivity index (χ3n) is 2.58. The summed E-state index contributed by atoms with van der Waals surface area (Å²) in [6.45, 7) is 0.405. The minimum absolute atomic E-state index is 0.405. The van der Waals surface area contributed by atoms with E-state index in [-0.39, 0.29) is 0 Å². The molecular weight excluding hydrogens is 270 g/mol. The Morgan fingerprint density at radius 3 is 2.43 bits per heavy atom. The highest BCUT2D eigenvalue weighted by Crippen LogP contribution is 2.30. The Bertz CT molecular complexity index is 605. The molecule has 0 saturated heterocycles. The average molecular weight is 285 g/mol. The number of methoxy groups -OCH3 is 1. The highest BCUT2D eigenvalue weighted by atomic mass is 16.5. The molecule has 5 nitrogen and oxygen atoms in total. The maximum Gasteiger partial charge on any atom is 0.283 e. The Morgan fingerprint density at radius 2 is 1.86 bits per heavy atom. The third kappa shape index (κ3) is 4.88. The lowest BCUT2D eigenvalue weighted by atomic mass is 10.2. The van der Waals surface area contributed by atoms with E-state index >= 15 is 0 Å². The molecule has 0 spiro atoms. The standard InChI is InChI=1S/C15H14O3.CHNO/c1-17-14-9-5-8-13(10-16)15(14)18-11-12-6-3-2-4-7-12;2-1-3/h2-10H,11H2,1H3;3H. The minimum atomic E-state index is 0.405. The molecule has 2 aromatic rings. The fraction of sp³-hybridized carbons (Fsp3) is 0.125. The Morgan fingerprint density at radius 1 is 1.19 bits per heavy atom. The lowest BCUT2D eigenvalue weighted by molar-refractivity contribution is 0.111. The van der Waals surface area contributed by atoms with Crippen LogP contribution in [0.2, 0.25) is 0 Å². The number of aldehydes is 1. The van der Waals surface area contributed by atoms with Crippen molar-refractivity contribution in [1.29, 1.82) is 5.26 Å². The Kier molecular flexibility index (Phi) is 6.87. The van der Waals surface area contributed by atoms with E-state index in [0.29, 0.717) is 23.7 Å². The van der Waals surface area contributed by atoms with Crippen LogP contribution in [0.4, 0.5) is 0 Å². The fourth-order valence-electron chi connectivity index (χ4n) is 1.67. The number of ether oxygens (including phenoxy) is 2. The molecule has 0 amide bonds. The Balaban J connectivity index is 0.000000677. The number of aliphatic hydroxyl groups excluding tert-OH is 1. The fourth-order valence-corrected chi connectivity index (χ4v) is 1.67. The van der Waals surface area contributed by atoms with Crippen LogP contribution in [0.15, 0.2) is 48.5 Å². The summed E-state index contributed by atoms with van der Waals surface area (Å²) < 4.78 is 10.9. The van der Waals surface area contributed by atoms with Crippen molar-refractivity contribution in [1.82, 2.24) is 0 Å². The Labute approximate surface area is 123 Å². The number of hydrogen-bond acceptors (Lipinski definition) is 5. The highest BCUT2D eigenvalue weighted by Gasteiger charge is 2.09. The first kappa shape index (κ1) is 16.1. The maximum absolute atomic E-state index is 11.0. The molecule has 0 saturated carbocycles. The molecule has 0 radical (unpaired) electrons. The van der Waals surface area contributed by atoms with Gasteiger partial charge in [-0.25, -0.2) is 0 Å². The SMILES string of the molecule is COc1cccc(C=O)c1OCc1ccccc1.N#CO. The van der Waals surface area contributed by atoms with Crippen LogP contribution in [0.3, 0.4) is 0 Å². The van der Waals surface area contributed by atoms with Gasteiger partial charge in [0.15, 0.2) is 17.8 Å². The van der Waals surface area contributed by atoms with Gasteiger partial charge in [0.05, 0.1) is 12.7 Å². The molecule has 0 fully saturated rings. The van der Waals surface area contributed by atoms with Gasteiger partial charge in [-0.3, -0.25) is 4.79 Å². The molecule has 0 unspecified atom stereocenters. The lowest BCUT2D eigenvalue weighted by Gasteiger charge is -2.12. The molecular formula is C16H15NO4. The number of rotatable bonds is 5. The van der Waals surface area contributed by atoms with Crippen LogP contribution in [0.5, 0.6) is 11.5 Å². The molecule has 0 aromatic heterocycles. The summed E-state index contributed by atoms with van der Waals surface area (Å²) >= 11 is 0. The van der Waals surface area contributed by atoms with E-state index in [1.54, 1.807) is 25.3 Å². The van der Waals surface area contributed by atoms with Crippen molar-refractivity contribution in [2.24, 2.45) is 0 Å². The molecule has 0 aliphatic heterocycles. The van der Waals surface area contributed by atoms with E-state index in [9.17, 15) is 4.79 Å². The highest BCUT2D eigenvalue weighted by molar-refractivity contribution is 5.81. The number of hydrogen-bond donors (Lipinski definition) is 1. The van der Waals surface area contributed by atoms with Crippen LogP contribution in [0.25, 0.3) is 0 Å². The second-order valence-corrected chi connectivity index (χ2v) is 3.87. The normalized spacial score (nSPS) is 8.76.